The van der Waals surface area contributed by atoms with Crippen molar-refractivity contribution >= 4 is 11.9 Å². The van der Waals surface area contributed by atoms with Gasteiger partial charge >= 0.3 is 6.03 Å². The molecule has 0 aliphatic carbocycles. The molecule has 2 aliphatic heterocycles. The minimum absolute atomic E-state index is 0.0356. The van der Waals surface area contributed by atoms with Gasteiger partial charge in [-0.1, -0.05) is 52.0 Å². The number of urea groups is 1. The molecule has 0 radical (unpaired) electrons. The van der Waals surface area contributed by atoms with Gasteiger partial charge in [0.25, 0.3) is 5.91 Å². The molecule has 0 fully saturated rings. The van der Waals surface area contributed by atoms with Gasteiger partial charge < -0.3 is 10.2 Å². The van der Waals surface area contributed by atoms with Crippen molar-refractivity contribution in [3.05, 3.63) is 46.7 Å². The first-order chi connectivity index (χ1) is 11.8. The molecule has 3 amide bonds. The number of hydrogen-bond acceptors (Lipinski definition) is 2. The zero-order valence-corrected chi connectivity index (χ0v) is 15.7. The number of carbonyl (C=O) groups excluding carboxylic acids is 2. The number of likely N-dealkylation sites (N-methyl/N-ethyl adjacent to an activating group) is 1. The van der Waals surface area contributed by atoms with E-state index in [1.807, 2.05) is 17.0 Å². The highest BCUT2D eigenvalue weighted by Gasteiger charge is 2.42. The summed E-state index contributed by atoms with van der Waals surface area (Å²) in [7, 11) is 1.73. The third-order valence-electron chi connectivity index (χ3n) is 4.96. The quantitative estimate of drug-likeness (QED) is 0.914. The molecular formula is C20H27N3O2. The Morgan fingerprint density at radius 3 is 2.32 bits per heavy atom. The Bertz CT molecular complexity index is 719. The van der Waals surface area contributed by atoms with Gasteiger partial charge in [0.1, 0.15) is 0 Å². The molecule has 0 spiro atoms. The topological polar surface area (TPSA) is 52.7 Å². The minimum atomic E-state index is -0.371. The molecule has 1 aromatic rings. The molecule has 0 saturated heterocycles. The molecule has 3 rings (SSSR count). The van der Waals surface area contributed by atoms with Crippen molar-refractivity contribution in [3.63, 3.8) is 0 Å². The Morgan fingerprint density at radius 1 is 1.12 bits per heavy atom. The molecule has 0 aromatic heterocycles. The first-order valence-electron chi connectivity index (χ1n) is 8.96. The molecule has 1 N–H and O–H groups in total. The fourth-order valence-electron chi connectivity index (χ4n) is 3.54. The SMILES string of the molecule is CC(C)CN1CC2=C(C1=O)C(c1ccc(C(C)C)cc1)NC(=O)N2C. The zero-order valence-electron chi connectivity index (χ0n) is 15.7. The van der Waals surface area contributed by atoms with E-state index in [1.54, 1.807) is 11.9 Å². The molecule has 0 bridgehead atoms. The van der Waals surface area contributed by atoms with Gasteiger partial charge in [0, 0.05) is 13.6 Å². The standard InChI is InChI=1S/C20H27N3O2/c1-12(2)10-23-11-16-17(19(23)24)18(21-20(25)22(16)5)15-8-6-14(7-9-15)13(3)4/h6-9,12-13,18H,10-11H2,1-5H3,(H,21,25). The van der Waals surface area contributed by atoms with Crippen LogP contribution in [-0.4, -0.2) is 41.9 Å². The van der Waals surface area contributed by atoms with Crippen molar-refractivity contribution in [3.8, 4) is 0 Å². The first-order valence-corrected chi connectivity index (χ1v) is 8.96. The van der Waals surface area contributed by atoms with Gasteiger partial charge in [0.15, 0.2) is 0 Å². The van der Waals surface area contributed by atoms with E-state index in [4.69, 9.17) is 0 Å². The van der Waals surface area contributed by atoms with Crippen molar-refractivity contribution in [1.29, 1.82) is 0 Å². The van der Waals surface area contributed by atoms with Gasteiger partial charge in [0.2, 0.25) is 0 Å². The lowest BCUT2D eigenvalue weighted by Crippen LogP contribution is -2.45. The molecule has 5 heteroatoms. The summed E-state index contributed by atoms with van der Waals surface area (Å²) in [6.07, 6.45) is 0. The number of amides is 3. The molecule has 2 heterocycles. The molecule has 1 aromatic carbocycles. The molecule has 1 unspecified atom stereocenters. The summed E-state index contributed by atoms with van der Waals surface area (Å²) >= 11 is 0. The van der Waals surface area contributed by atoms with E-state index in [1.165, 1.54) is 5.56 Å². The highest BCUT2D eigenvalue weighted by Crippen LogP contribution is 2.36. The van der Waals surface area contributed by atoms with Crippen molar-refractivity contribution in [2.24, 2.45) is 5.92 Å². The Balaban J connectivity index is 1.96. The van der Waals surface area contributed by atoms with E-state index in [-0.39, 0.29) is 18.0 Å². The Hall–Kier alpha value is -2.30. The fraction of sp³-hybridized carbons (Fsp3) is 0.500. The second-order valence-corrected chi connectivity index (χ2v) is 7.70. The van der Waals surface area contributed by atoms with E-state index in [0.717, 1.165) is 11.3 Å². The molecule has 2 aliphatic rings. The first kappa shape index (κ1) is 17.5. The summed E-state index contributed by atoms with van der Waals surface area (Å²) in [6, 6.07) is 7.68. The lowest BCUT2D eigenvalue weighted by Gasteiger charge is -2.31. The minimum Gasteiger partial charge on any atom is -0.333 e. The van der Waals surface area contributed by atoms with Crippen LogP contribution in [0.15, 0.2) is 35.5 Å². The van der Waals surface area contributed by atoms with Crippen LogP contribution in [0.25, 0.3) is 0 Å². The molecule has 5 nitrogen and oxygen atoms in total. The predicted molar refractivity (Wildman–Crippen MR) is 98.0 cm³/mol. The number of rotatable bonds is 4. The van der Waals surface area contributed by atoms with Crippen molar-refractivity contribution < 1.29 is 9.59 Å². The number of nitrogens with one attached hydrogen (secondary N) is 1. The van der Waals surface area contributed by atoms with Crippen LogP contribution in [0.2, 0.25) is 0 Å². The largest absolute Gasteiger partial charge is 0.333 e. The normalized spacial score (nSPS) is 20.7. The summed E-state index contributed by atoms with van der Waals surface area (Å²) in [5, 5.41) is 2.99. The molecule has 134 valence electrons. The third kappa shape index (κ3) is 3.15. The summed E-state index contributed by atoms with van der Waals surface area (Å²) < 4.78 is 0. The van der Waals surface area contributed by atoms with E-state index < -0.39 is 0 Å². The van der Waals surface area contributed by atoms with Crippen LogP contribution >= 0.6 is 0 Å². The van der Waals surface area contributed by atoms with Gasteiger partial charge in [-0.05, 0) is 23.0 Å². The lowest BCUT2D eigenvalue weighted by molar-refractivity contribution is -0.126. The van der Waals surface area contributed by atoms with Gasteiger partial charge in [-0.25, -0.2) is 4.79 Å². The second kappa shape index (κ2) is 6.54. The predicted octanol–water partition coefficient (Wildman–Crippen LogP) is 3.26. The Morgan fingerprint density at radius 2 is 1.76 bits per heavy atom. The molecule has 0 saturated carbocycles. The smallest absolute Gasteiger partial charge is 0.322 e. The van der Waals surface area contributed by atoms with Crippen LogP contribution in [0.1, 0.15) is 50.8 Å². The highest BCUT2D eigenvalue weighted by atomic mass is 16.2. The van der Waals surface area contributed by atoms with Crippen molar-refractivity contribution in [2.45, 2.75) is 39.7 Å². The van der Waals surface area contributed by atoms with Crippen molar-refractivity contribution in [1.82, 2.24) is 15.1 Å². The summed E-state index contributed by atoms with van der Waals surface area (Å²) in [5.74, 6) is 0.877. The highest BCUT2D eigenvalue weighted by molar-refractivity contribution is 6.01. The number of nitrogens with zero attached hydrogens (tertiary/aromatic N) is 2. The number of hydrogen-bond donors (Lipinski definition) is 1. The summed E-state index contributed by atoms with van der Waals surface area (Å²) in [5.41, 5.74) is 3.74. The van der Waals surface area contributed by atoms with Gasteiger partial charge in [-0.2, -0.15) is 0 Å². The third-order valence-corrected chi connectivity index (χ3v) is 4.96. The fourth-order valence-corrected chi connectivity index (χ4v) is 3.54. The van der Waals surface area contributed by atoms with E-state index in [2.05, 4.69) is 45.1 Å². The Labute approximate surface area is 149 Å². The summed E-state index contributed by atoms with van der Waals surface area (Å²) in [4.78, 5) is 28.8. The maximum atomic E-state index is 13.0. The number of benzene rings is 1. The van der Waals surface area contributed by atoms with E-state index >= 15 is 0 Å². The van der Waals surface area contributed by atoms with Crippen LogP contribution in [0.5, 0.6) is 0 Å². The maximum absolute atomic E-state index is 13.0. The van der Waals surface area contributed by atoms with Crippen LogP contribution < -0.4 is 5.32 Å². The van der Waals surface area contributed by atoms with Crippen LogP contribution in [0.3, 0.4) is 0 Å². The van der Waals surface area contributed by atoms with Gasteiger partial charge in [-0.3, -0.25) is 9.69 Å². The van der Waals surface area contributed by atoms with E-state index in [0.29, 0.717) is 30.5 Å². The molecule has 25 heavy (non-hydrogen) atoms. The average molecular weight is 341 g/mol. The second-order valence-electron chi connectivity index (χ2n) is 7.70. The molecular weight excluding hydrogens is 314 g/mol. The summed E-state index contributed by atoms with van der Waals surface area (Å²) in [6.45, 7) is 9.71. The van der Waals surface area contributed by atoms with Gasteiger partial charge in [-0.15, -0.1) is 0 Å². The average Bonchev–Trinajstić information content (AvgIpc) is 2.88. The zero-order chi connectivity index (χ0) is 18.3. The number of carbonyl (C=O) groups is 2. The molecule has 1 atom stereocenters. The Kier molecular flexibility index (Phi) is 4.58. The van der Waals surface area contributed by atoms with Crippen LogP contribution in [-0.2, 0) is 4.79 Å². The maximum Gasteiger partial charge on any atom is 0.322 e. The van der Waals surface area contributed by atoms with Crippen LogP contribution in [0, 0.1) is 5.92 Å². The van der Waals surface area contributed by atoms with Crippen LogP contribution in [0.4, 0.5) is 4.79 Å². The lowest BCUT2D eigenvalue weighted by atomic mass is 9.93. The van der Waals surface area contributed by atoms with Gasteiger partial charge in [0.05, 0.1) is 23.9 Å². The monoisotopic (exact) mass is 341 g/mol. The van der Waals surface area contributed by atoms with E-state index in [9.17, 15) is 9.59 Å². The van der Waals surface area contributed by atoms with Crippen molar-refractivity contribution in [2.75, 3.05) is 20.1 Å².